The summed E-state index contributed by atoms with van der Waals surface area (Å²) in [7, 11) is 0. The molecule has 1 aliphatic rings. The van der Waals surface area contributed by atoms with Gasteiger partial charge in [0.25, 0.3) is 0 Å². The molecule has 90 valence electrons. The van der Waals surface area contributed by atoms with Gasteiger partial charge >= 0.3 is 5.97 Å². The summed E-state index contributed by atoms with van der Waals surface area (Å²) >= 11 is 0. The van der Waals surface area contributed by atoms with Crippen LogP contribution in [-0.4, -0.2) is 23.3 Å². The van der Waals surface area contributed by atoms with Gasteiger partial charge in [-0.1, -0.05) is 0 Å². The lowest BCUT2D eigenvalue weighted by Crippen LogP contribution is -2.19. The Morgan fingerprint density at radius 2 is 2.17 bits per heavy atom. The van der Waals surface area contributed by atoms with Crippen molar-refractivity contribution >= 4 is 22.7 Å². The Kier molecular flexibility index (Phi) is 2.37. The van der Waals surface area contributed by atoms with Crippen molar-refractivity contribution in [3.8, 4) is 0 Å². The summed E-state index contributed by atoms with van der Waals surface area (Å²) in [5.74, 6) is -0.345. The molecule has 2 aromatic rings. The molecule has 0 unspecified atom stereocenters. The van der Waals surface area contributed by atoms with Crippen LogP contribution in [0.2, 0.25) is 0 Å². The number of hydrogen-bond donors (Lipinski definition) is 0. The third-order valence-corrected chi connectivity index (χ3v) is 3.10. The molecule has 3 rings (SSSR count). The zero-order chi connectivity index (χ0) is 12.7. The molecule has 1 aromatic heterocycles. The molecule has 0 saturated carbocycles. The number of cyclic esters (lactones) is 1. The number of hydrogen-bond acceptors (Lipinski definition) is 4. The maximum atomic E-state index is 11.6. The zero-order valence-corrected chi connectivity index (χ0v) is 9.90. The van der Waals surface area contributed by atoms with Crippen LogP contribution in [0, 0.1) is 0 Å². The molecule has 0 aliphatic carbocycles. The van der Waals surface area contributed by atoms with Gasteiger partial charge in [-0.15, -0.1) is 0 Å². The van der Waals surface area contributed by atoms with Crippen LogP contribution >= 0.6 is 0 Å². The molecule has 0 spiro atoms. The lowest BCUT2D eigenvalue weighted by Gasteiger charge is -2.15. The lowest BCUT2D eigenvalue weighted by molar-refractivity contribution is 0.0472. The van der Waals surface area contributed by atoms with Crippen molar-refractivity contribution in [2.24, 2.45) is 0 Å². The van der Waals surface area contributed by atoms with Crippen LogP contribution in [0.5, 0.6) is 0 Å². The van der Waals surface area contributed by atoms with E-state index in [2.05, 4.69) is 4.98 Å². The summed E-state index contributed by atoms with van der Waals surface area (Å²) < 4.78 is 4.96. The molecule has 4 nitrogen and oxygen atoms in total. The number of aromatic nitrogens is 1. The Balaban J connectivity index is 2.23. The van der Waals surface area contributed by atoms with Crippen LogP contribution in [0.3, 0.4) is 0 Å². The number of rotatable bonds is 1. The first-order valence-electron chi connectivity index (χ1n) is 5.77. The van der Waals surface area contributed by atoms with E-state index in [1.54, 1.807) is 12.1 Å². The summed E-state index contributed by atoms with van der Waals surface area (Å²) in [6.45, 7) is 1.93. The van der Waals surface area contributed by atoms with Crippen molar-refractivity contribution in [3.63, 3.8) is 0 Å². The summed E-state index contributed by atoms with van der Waals surface area (Å²) in [4.78, 5) is 27.2. The fourth-order valence-corrected chi connectivity index (χ4v) is 2.13. The quantitative estimate of drug-likeness (QED) is 0.567. The Hall–Kier alpha value is -2.23. The number of Topliss-reactive ketones (excluding diaryl/α,β-unsaturated/α-hetero) is 1. The summed E-state index contributed by atoms with van der Waals surface area (Å²) in [5.41, 5.74) is 2.64. The molecule has 0 fully saturated rings. The van der Waals surface area contributed by atoms with E-state index in [1.165, 1.54) is 6.92 Å². The van der Waals surface area contributed by atoms with E-state index in [0.717, 1.165) is 10.9 Å². The van der Waals surface area contributed by atoms with Gasteiger partial charge in [-0.05, 0) is 36.8 Å². The lowest BCUT2D eigenvalue weighted by atomic mass is 10.0. The van der Waals surface area contributed by atoms with E-state index < -0.39 is 0 Å². The van der Waals surface area contributed by atoms with Gasteiger partial charge in [0.1, 0.15) is 0 Å². The topological polar surface area (TPSA) is 56.3 Å². The normalized spacial score (nSPS) is 14.2. The number of carbonyl (C=O) groups is 2. The molecule has 2 heterocycles. The smallest absolute Gasteiger partial charge is 0.357 e. The van der Waals surface area contributed by atoms with Crippen molar-refractivity contribution in [3.05, 3.63) is 41.1 Å². The molecule has 0 atom stereocenters. The van der Waals surface area contributed by atoms with Gasteiger partial charge in [0.05, 0.1) is 12.1 Å². The molecule has 4 heteroatoms. The van der Waals surface area contributed by atoms with Gasteiger partial charge in [0.2, 0.25) is 0 Å². The van der Waals surface area contributed by atoms with E-state index in [9.17, 15) is 9.59 Å². The summed E-state index contributed by atoms with van der Waals surface area (Å²) in [5, 5.41) is 0.885. The van der Waals surface area contributed by atoms with Crippen molar-refractivity contribution in [1.29, 1.82) is 0 Å². The number of benzene rings is 1. The molecule has 0 saturated heterocycles. The van der Waals surface area contributed by atoms with E-state index >= 15 is 0 Å². The highest BCUT2D eigenvalue weighted by Crippen LogP contribution is 2.22. The monoisotopic (exact) mass is 241 g/mol. The highest BCUT2D eigenvalue weighted by atomic mass is 16.5. The number of ketones is 1. The molecule has 1 aliphatic heterocycles. The molecule has 1 aromatic carbocycles. The van der Waals surface area contributed by atoms with Crippen LogP contribution in [0.1, 0.15) is 33.3 Å². The minimum atomic E-state index is -0.367. The SMILES string of the molecule is CC(=O)c1ccc2nc3c(cc2c1)CCOC3=O. The van der Waals surface area contributed by atoms with Crippen molar-refractivity contribution in [2.45, 2.75) is 13.3 Å². The molecule has 0 amide bonds. The Morgan fingerprint density at radius 1 is 1.33 bits per heavy atom. The molecular weight excluding hydrogens is 230 g/mol. The Morgan fingerprint density at radius 3 is 2.94 bits per heavy atom. The summed E-state index contributed by atoms with van der Waals surface area (Å²) in [6.07, 6.45) is 0.675. The van der Waals surface area contributed by atoms with Crippen LogP contribution in [-0.2, 0) is 11.2 Å². The zero-order valence-electron chi connectivity index (χ0n) is 9.90. The van der Waals surface area contributed by atoms with E-state index in [0.29, 0.717) is 29.8 Å². The number of pyridine rings is 1. The second kappa shape index (κ2) is 3.91. The van der Waals surface area contributed by atoms with Gasteiger partial charge in [-0.25, -0.2) is 9.78 Å². The third-order valence-electron chi connectivity index (χ3n) is 3.10. The molecule has 0 radical (unpaired) electrons. The first-order valence-corrected chi connectivity index (χ1v) is 5.77. The van der Waals surface area contributed by atoms with E-state index in [1.807, 2.05) is 12.1 Å². The second-order valence-electron chi connectivity index (χ2n) is 4.35. The predicted molar refractivity (Wildman–Crippen MR) is 65.7 cm³/mol. The average molecular weight is 241 g/mol. The number of carbonyl (C=O) groups excluding carboxylic acids is 2. The van der Waals surface area contributed by atoms with Gasteiger partial charge in [-0.3, -0.25) is 4.79 Å². The first kappa shape index (κ1) is 10.9. The predicted octanol–water partition coefficient (Wildman–Crippen LogP) is 2.15. The highest BCUT2D eigenvalue weighted by Gasteiger charge is 2.20. The number of nitrogens with zero attached hydrogens (tertiary/aromatic N) is 1. The van der Waals surface area contributed by atoms with Gasteiger partial charge < -0.3 is 4.74 Å². The van der Waals surface area contributed by atoms with Crippen molar-refractivity contribution in [2.75, 3.05) is 6.61 Å². The molecular formula is C14H11NO3. The third kappa shape index (κ3) is 1.66. The Labute approximate surface area is 104 Å². The van der Waals surface area contributed by atoms with Crippen LogP contribution in [0.25, 0.3) is 10.9 Å². The van der Waals surface area contributed by atoms with Gasteiger partial charge in [-0.2, -0.15) is 0 Å². The van der Waals surface area contributed by atoms with Crippen LogP contribution in [0.15, 0.2) is 24.3 Å². The van der Waals surface area contributed by atoms with Gasteiger partial charge in [0.15, 0.2) is 11.5 Å². The Bertz CT molecular complexity index is 676. The summed E-state index contributed by atoms with van der Waals surface area (Å²) in [6, 6.07) is 7.21. The average Bonchev–Trinajstić information content (AvgIpc) is 2.36. The minimum Gasteiger partial charge on any atom is -0.461 e. The standard InChI is InChI=1S/C14H11NO3/c1-8(16)9-2-3-12-11(6-9)7-10-4-5-18-14(17)13(10)15-12/h2-3,6-7H,4-5H2,1H3. The highest BCUT2D eigenvalue weighted by molar-refractivity contribution is 5.99. The van der Waals surface area contributed by atoms with Crippen molar-refractivity contribution < 1.29 is 14.3 Å². The van der Waals surface area contributed by atoms with Crippen LogP contribution in [0.4, 0.5) is 0 Å². The van der Waals surface area contributed by atoms with Crippen LogP contribution < -0.4 is 0 Å². The minimum absolute atomic E-state index is 0.0223. The fraction of sp³-hybridized carbons (Fsp3) is 0.214. The molecule has 18 heavy (non-hydrogen) atoms. The maximum Gasteiger partial charge on any atom is 0.357 e. The first-order chi connectivity index (χ1) is 8.65. The number of fused-ring (bicyclic) bond motifs is 2. The maximum absolute atomic E-state index is 11.6. The van der Waals surface area contributed by atoms with Gasteiger partial charge in [0, 0.05) is 17.4 Å². The van der Waals surface area contributed by atoms with E-state index in [-0.39, 0.29) is 11.8 Å². The molecule has 0 N–H and O–H groups in total. The van der Waals surface area contributed by atoms with Crippen molar-refractivity contribution in [1.82, 2.24) is 4.98 Å². The largest absolute Gasteiger partial charge is 0.461 e. The number of ether oxygens (including phenoxy) is 1. The second-order valence-corrected chi connectivity index (χ2v) is 4.35. The number of esters is 1. The fourth-order valence-electron chi connectivity index (χ4n) is 2.13. The van der Waals surface area contributed by atoms with E-state index in [4.69, 9.17) is 4.74 Å². The molecule has 0 bridgehead atoms.